The highest BCUT2D eigenvalue weighted by Crippen LogP contribution is 2.48. The average Bonchev–Trinajstić information content (AvgIpc) is 2.39. The maximum absolute atomic E-state index is 6.50. The molecule has 0 saturated heterocycles. The van der Waals surface area contributed by atoms with Crippen molar-refractivity contribution in [3.8, 4) is 0 Å². The molecule has 1 aromatic rings. The summed E-state index contributed by atoms with van der Waals surface area (Å²) in [7, 11) is 0. The Morgan fingerprint density at radius 1 is 1.29 bits per heavy atom. The summed E-state index contributed by atoms with van der Waals surface area (Å²) in [5.74, 6) is 1.13. The van der Waals surface area contributed by atoms with Crippen LogP contribution in [0.3, 0.4) is 0 Å². The van der Waals surface area contributed by atoms with E-state index in [4.69, 9.17) is 23.2 Å². The molecular formula is C18H27Cl2N. The van der Waals surface area contributed by atoms with Gasteiger partial charge in [0.25, 0.3) is 0 Å². The molecule has 0 aliphatic heterocycles. The smallest absolute Gasteiger partial charge is 0.0627 e. The second-order valence-corrected chi connectivity index (χ2v) is 8.26. The quantitative estimate of drug-likeness (QED) is 0.725. The van der Waals surface area contributed by atoms with E-state index in [2.05, 4.69) is 39.1 Å². The van der Waals surface area contributed by atoms with E-state index in [9.17, 15) is 0 Å². The Hall–Kier alpha value is -0.240. The summed E-state index contributed by atoms with van der Waals surface area (Å²) in [4.78, 5) is 0. The summed E-state index contributed by atoms with van der Waals surface area (Å²) in [6, 6.07) is 6.58. The van der Waals surface area contributed by atoms with E-state index in [0.29, 0.717) is 28.3 Å². The molecule has 1 aromatic carbocycles. The minimum atomic E-state index is 0.380. The van der Waals surface area contributed by atoms with Crippen molar-refractivity contribution < 1.29 is 0 Å². The SMILES string of the molecule is CC(C)NCC1CCC(C)(C)CC1c1cccc(Cl)c1Cl. The zero-order chi connectivity index (χ0) is 15.6. The standard InChI is InChI=1S/C18H27Cl2N/c1-12(2)21-11-13-8-9-18(3,4)10-15(13)14-6-5-7-16(19)17(14)20/h5-7,12-13,15,21H,8-11H2,1-4H3. The molecule has 2 rings (SSSR count). The van der Waals surface area contributed by atoms with Crippen molar-refractivity contribution >= 4 is 23.2 Å². The van der Waals surface area contributed by atoms with Crippen LogP contribution < -0.4 is 5.32 Å². The number of rotatable bonds is 4. The van der Waals surface area contributed by atoms with Crippen molar-refractivity contribution in [1.29, 1.82) is 0 Å². The van der Waals surface area contributed by atoms with Crippen molar-refractivity contribution in [2.24, 2.45) is 11.3 Å². The van der Waals surface area contributed by atoms with Crippen molar-refractivity contribution in [2.45, 2.75) is 58.9 Å². The van der Waals surface area contributed by atoms with Gasteiger partial charge < -0.3 is 5.32 Å². The summed E-state index contributed by atoms with van der Waals surface area (Å²) in [6.45, 7) is 10.2. The molecule has 1 saturated carbocycles. The number of nitrogens with one attached hydrogen (secondary N) is 1. The fraction of sp³-hybridized carbons (Fsp3) is 0.667. The van der Waals surface area contributed by atoms with Crippen LogP contribution >= 0.6 is 23.2 Å². The molecule has 118 valence electrons. The molecule has 0 radical (unpaired) electrons. The Balaban J connectivity index is 2.26. The molecular weight excluding hydrogens is 301 g/mol. The zero-order valence-electron chi connectivity index (χ0n) is 13.5. The molecule has 0 aromatic heterocycles. The maximum Gasteiger partial charge on any atom is 0.0627 e. The minimum Gasteiger partial charge on any atom is -0.314 e. The first-order chi connectivity index (χ1) is 9.80. The summed E-state index contributed by atoms with van der Waals surface area (Å²) in [6.07, 6.45) is 3.71. The minimum absolute atomic E-state index is 0.380. The van der Waals surface area contributed by atoms with Gasteiger partial charge in [0.2, 0.25) is 0 Å². The predicted octanol–water partition coefficient (Wildman–Crippen LogP) is 5.90. The van der Waals surface area contributed by atoms with Gasteiger partial charge in [0.1, 0.15) is 0 Å². The third-order valence-electron chi connectivity index (χ3n) is 4.70. The van der Waals surface area contributed by atoms with Gasteiger partial charge in [0.15, 0.2) is 0 Å². The van der Waals surface area contributed by atoms with Crippen molar-refractivity contribution in [2.75, 3.05) is 6.54 Å². The first-order valence-electron chi connectivity index (χ1n) is 7.97. The van der Waals surface area contributed by atoms with Crippen molar-refractivity contribution in [3.05, 3.63) is 33.8 Å². The highest BCUT2D eigenvalue weighted by Gasteiger charge is 2.36. The summed E-state index contributed by atoms with van der Waals surface area (Å²) in [5.41, 5.74) is 1.61. The van der Waals surface area contributed by atoms with Gasteiger partial charge in [-0.15, -0.1) is 0 Å². The number of benzene rings is 1. The van der Waals surface area contributed by atoms with Gasteiger partial charge >= 0.3 is 0 Å². The van der Waals surface area contributed by atoms with E-state index in [1.165, 1.54) is 24.8 Å². The third kappa shape index (κ3) is 4.37. The van der Waals surface area contributed by atoms with E-state index in [0.717, 1.165) is 11.6 Å². The Labute approximate surface area is 139 Å². The second kappa shape index (κ2) is 6.89. The highest BCUT2D eigenvalue weighted by atomic mass is 35.5. The Bertz CT molecular complexity index is 480. The van der Waals surface area contributed by atoms with Crippen LogP contribution in [0.2, 0.25) is 10.0 Å². The molecule has 1 N–H and O–H groups in total. The van der Waals surface area contributed by atoms with Gasteiger partial charge in [-0.3, -0.25) is 0 Å². The van der Waals surface area contributed by atoms with Gasteiger partial charge in [-0.1, -0.05) is 63.0 Å². The van der Waals surface area contributed by atoms with Crippen molar-refractivity contribution in [1.82, 2.24) is 5.32 Å². The Morgan fingerprint density at radius 3 is 2.67 bits per heavy atom. The van der Waals surface area contributed by atoms with E-state index in [-0.39, 0.29) is 0 Å². The summed E-state index contributed by atoms with van der Waals surface area (Å²) in [5, 5.41) is 5.02. The van der Waals surface area contributed by atoms with E-state index >= 15 is 0 Å². The first-order valence-corrected chi connectivity index (χ1v) is 8.73. The van der Waals surface area contributed by atoms with Crippen LogP contribution in [0.4, 0.5) is 0 Å². The van der Waals surface area contributed by atoms with Crippen LogP contribution in [0.15, 0.2) is 18.2 Å². The van der Waals surface area contributed by atoms with Crippen LogP contribution in [-0.4, -0.2) is 12.6 Å². The lowest BCUT2D eigenvalue weighted by molar-refractivity contribution is 0.158. The van der Waals surface area contributed by atoms with Crippen molar-refractivity contribution in [3.63, 3.8) is 0 Å². The lowest BCUT2D eigenvalue weighted by atomic mass is 9.65. The topological polar surface area (TPSA) is 12.0 Å². The summed E-state index contributed by atoms with van der Waals surface area (Å²) >= 11 is 12.7. The molecule has 3 heteroatoms. The Kier molecular flexibility index (Phi) is 5.62. The molecule has 0 heterocycles. The molecule has 1 aliphatic rings. The zero-order valence-corrected chi connectivity index (χ0v) is 15.1. The average molecular weight is 328 g/mol. The molecule has 0 spiro atoms. The maximum atomic E-state index is 6.50. The fourth-order valence-electron chi connectivity index (χ4n) is 3.44. The van der Waals surface area contributed by atoms with E-state index < -0.39 is 0 Å². The molecule has 21 heavy (non-hydrogen) atoms. The number of halogens is 2. The first kappa shape index (κ1) is 17.1. The fourth-order valence-corrected chi connectivity index (χ4v) is 3.89. The lowest BCUT2D eigenvalue weighted by Gasteiger charge is -2.42. The second-order valence-electron chi connectivity index (χ2n) is 7.48. The number of hydrogen-bond donors (Lipinski definition) is 1. The lowest BCUT2D eigenvalue weighted by Crippen LogP contribution is -2.37. The molecule has 2 unspecified atom stereocenters. The van der Waals surface area contributed by atoms with E-state index in [1.54, 1.807) is 0 Å². The molecule has 0 amide bonds. The summed E-state index contributed by atoms with van der Waals surface area (Å²) < 4.78 is 0. The van der Waals surface area contributed by atoms with Gasteiger partial charge in [0, 0.05) is 6.04 Å². The normalized spacial score (nSPS) is 25.3. The molecule has 1 fully saturated rings. The van der Waals surface area contributed by atoms with Crippen LogP contribution in [0.5, 0.6) is 0 Å². The van der Waals surface area contributed by atoms with Gasteiger partial charge in [-0.05, 0) is 54.7 Å². The third-order valence-corrected chi connectivity index (χ3v) is 5.54. The highest BCUT2D eigenvalue weighted by molar-refractivity contribution is 6.42. The van der Waals surface area contributed by atoms with E-state index in [1.807, 2.05) is 12.1 Å². The monoisotopic (exact) mass is 327 g/mol. The van der Waals surface area contributed by atoms with Crippen LogP contribution in [0.1, 0.15) is 58.4 Å². The molecule has 1 nitrogen and oxygen atoms in total. The molecule has 2 atom stereocenters. The van der Waals surface area contributed by atoms with Crippen LogP contribution in [0, 0.1) is 11.3 Å². The Morgan fingerprint density at radius 2 is 2.00 bits per heavy atom. The van der Waals surface area contributed by atoms with Gasteiger partial charge in [-0.25, -0.2) is 0 Å². The van der Waals surface area contributed by atoms with Gasteiger partial charge in [0.05, 0.1) is 10.0 Å². The van der Waals surface area contributed by atoms with Crippen LogP contribution in [0.25, 0.3) is 0 Å². The molecule has 1 aliphatic carbocycles. The number of hydrogen-bond acceptors (Lipinski definition) is 1. The van der Waals surface area contributed by atoms with Gasteiger partial charge in [-0.2, -0.15) is 0 Å². The van der Waals surface area contributed by atoms with Crippen LogP contribution in [-0.2, 0) is 0 Å². The largest absolute Gasteiger partial charge is 0.314 e. The molecule has 0 bridgehead atoms. The predicted molar refractivity (Wildman–Crippen MR) is 93.5 cm³/mol.